The average molecular weight is 232 g/mol. The fourth-order valence-electron chi connectivity index (χ4n) is 1.12. The predicted molar refractivity (Wildman–Crippen MR) is 56.0 cm³/mol. The van der Waals surface area contributed by atoms with Gasteiger partial charge in [0, 0.05) is 0 Å². The lowest BCUT2D eigenvalue weighted by atomic mass is 9.99. The van der Waals surface area contributed by atoms with E-state index in [1.807, 2.05) is 20.8 Å². The average Bonchev–Trinajstić information content (AvgIpc) is 2.13. The van der Waals surface area contributed by atoms with Crippen LogP contribution in [0.1, 0.15) is 26.3 Å². The number of benzene rings is 1. The highest BCUT2D eigenvalue weighted by Crippen LogP contribution is 2.28. The lowest BCUT2D eigenvalue weighted by Crippen LogP contribution is -2.18. The number of aryl methyl sites for hydroxylation is 1. The van der Waals surface area contributed by atoms with E-state index in [1.165, 1.54) is 6.92 Å². The molecule has 0 aliphatic heterocycles. The fraction of sp³-hybridized carbons (Fsp3) is 0.500. The van der Waals surface area contributed by atoms with E-state index in [9.17, 15) is 13.2 Å². The summed E-state index contributed by atoms with van der Waals surface area (Å²) in [6.07, 6.45) is 0. The maximum Gasteiger partial charge on any atom is 0.203 e. The third kappa shape index (κ3) is 2.90. The summed E-state index contributed by atoms with van der Waals surface area (Å²) in [5.41, 5.74) is -0.221. The van der Waals surface area contributed by atoms with Crippen LogP contribution < -0.4 is 4.74 Å². The molecule has 0 spiro atoms. The quantitative estimate of drug-likeness (QED) is 0.704. The molecule has 16 heavy (non-hydrogen) atoms. The summed E-state index contributed by atoms with van der Waals surface area (Å²) >= 11 is 0. The van der Waals surface area contributed by atoms with Crippen molar-refractivity contribution in [2.75, 3.05) is 6.61 Å². The molecule has 0 saturated carbocycles. The first kappa shape index (κ1) is 12.9. The highest BCUT2D eigenvalue weighted by atomic mass is 19.2. The first-order valence-corrected chi connectivity index (χ1v) is 4.99. The Bertz CT molecular complexity index is 368. The van der Waals surface area contributed by atoms with E-state index in [1.54, 1.807) is 0 Å². The van der Waals surface area contributed by atoms with E-state index in [-0.39, 0.29) is 17.6 Å². The first-order chi connectivity index (χ1) is 7.22. The molecule has 90 valence electrons. The molecule has 0 atom stereocenters. The van der Waals surface area contributed by atoms with Gasteiger partial charge in [-0.15, -0.1) is 0 Å². The standard InChI is InChI=1S/C12H15F3O/c1-7-5-8(13)10(15)11(9(7)14)16-6-12(2,3)4/h5H,6H2,1-4H3. The summed E-state index contributed by atoms with van der Waals surface area (Å²) < 4.78 is 44.8. The molecule has 0 aliphatic carbocycles. The Morgan fingerprint density at radius 3 is 2.19 bits per heavy atom. The minimum Gasteiger partial charge on any atom is -0.487 e. The summed E-state index contributed by atoms with van der Waals surface area (Å²) in [6.45, 7) is 7.05. The van der Waals surface area contributed by atoms with Crippen LogP contribution in [0.2, 0.25) is 0 Å². The van der Waals surface area contributed by atoms with Crippen molar-refractivity contribution in [1.29, 1.82) is 0 Å². The van der Waals surface area contributed by atoms with E-state index in [0.29, 0.717) is 0 Å². The van der Waals surface area contributed by atoms with Crippen LogP contribution in [0.25, 0.3) is 0 Å². The van der Waals surface area contributed by atoms with Crippen LogP contribution in [-0.2, 0) is 0 Å². The molecule has 0 radical (unpaired) electrons. The van der Waals surface area contributed by atoms with E-state index < -0.39 is 23.2 Å². The van der Waals surface area contributed by atoms with Gasteiger partial charge in [-0.3, -0.25) is 0 Å². The molecule has 1 aromatic rings. The SMILES string of the molecule is Cc1cc(F)c(F)c(OCC(C)(C)C)c1F. The van der Waals surface area contributed by atoms with Crippen molar-refractivity contribution in [2.24, 2.45) is 5.41 Å². The van der Waals surface area contributed by atoms with Gasteiger partial charge < -0.3 is 4.74 Å². The molecule has 0 fully saturated rings. The summed E-state index contributed by atoms with van der Waals surface area (Å²) in [5, 5.41) is 0. The lowest BCUT2D eigenvalue weighted by Gasteiger charge is -2.19. The number of hydrogen-bond donors (Lipinski definition) is 0. The predicted octanol–water partition coefficient (Wildman–Crippen LogP) is 3.84. The van der Waals surface area contributed by atoms with Crippen molar-refractivity contribution >= 4 is 0 Å². The normalized spacial score (nSPS) is 11.7. The Balaban J connectivity index is 3.04. The molecule has 0 aliphatic rings. The summed E-state index contributed by atoms with van der Waals surface area (Å²) in [7, 11) is 0. The molecule has 0 N–H and O–H groups in total. The number of ether oxygens (including phenoxy) is 1. The molecule has 1 nitrogen and oxygen atoms in total. The number of rotatable bonds is 2. The van der Waals surface area contributed by atoms with Crippen LogP contribution in [0.5, 0.6) is 5.75 Å². The van der Waals surface area contributed by atoms with Crippen LogP contribution in [0.3, 0.4) is 0 Å². The number of halogens is 3. The summed E-state index contributed by atoms with van der Waals surface area (Å²) in [6, 6.07) is 0.814. The zero-order valence-electron chi connectivity index (χ0n) is 9.83. The Labute approximate surface area is 93.2 Å². The van der Waals surface area contributed by atoms with Crippen molar-refractivity contribution in [2.45, 2.75) is 27.7 Å². The second kappa shape index (κ2) is 4.36. The summed E-state index contributed by atoms with van der Waals surface area (Å²) in [5.74, 6) is -3.84. The molecule has 0 bridgehead atoms. The first-order valence-electron chi connectivity index (χ1n) is 4.99. The molecular formula is C12H15F3O. The largest absolute Gasteiger partial charge is 0.487 e. The fourth-order valence-corrected chi connectivity index (χ4v) is 1.12. The maximum absolute atomic E-state index is 13.5. The lowest BCUT2D eigenvalue weighted by molar-refractivity contribution is 0.181. The third-order valence-corrected chi connectivity index (χ3v) is 1.95. The maximum atomic E-state index is 13.5. The Kier molecular flexibility index (Phi) is 3.51. The van der Waals surface area contributed by atoms with Crippen LogP contribution in [0.15, 0.2) is 6.07 Å². The molecule has 0 heterocycles. The van der Waals surface area contributed by atoms with Gasteiger partial charge in [-0.25, -0.2) is 8.78 Å². The second-order valence-electron chi connectivity index (χ2n) is 4.98. The number of hydrogen-bond acceptors (Lipinski definition) is 1. The topological polar surface area (TPSA) is 9.23 Å². The Hall–Kier alpha value is -1.19. The molecule has 0 amide bonds. The van der Waals surface area contributed by atoms with Gasteiger partial charge in [0.15, 0.2) is 17.4 Å². The van der Waals surface area contributed by atoms with Crippen molar-refractivity contribution in [1.82, 2.24) is 0 Å². The minimum absolute atomic E-state index is 0.0304. The summed E-state index contributed by atoms with van der Waals surface area (Å²) in [4.78, 5) is 0. The molecule has 1 rings (SSSR count). The van der Waals surface area contributed by atoms with Gasteiger partial charge in [0.05, 0.1) is 6.61 Å². The zero-order chi connectivity index (χ0) is 12.5. The molecule has 0 saturated heterocycles. The van der Waals surface area contributed by atoms with Crippen LogP contribution in [0.4, 0.5) is 13.2 Å². The van der Waals surface area contributed by atoms with Crippen molar-refractivity contribution in [3.05, 3.63) is 29.1 Å². The van der Waals surface area contributed by atoms with Crippen molar-refractivity contribution < 1.29 is 17.9 Å². The van der Waals surface area contributed by atoms with Crippen LogP contribution in [-0.4, -0.2) is 6.61 Å². The minimum atomic E-state index is -1.27. The van der Waals surface area contributed by atoms with Gasteiger partial charge >= 0.3 is 0 Å². The monoisotopic (exact) mass is 232 g/mol. The van der Waals surface area contributed by atoms with Crippen molar-refractivity contribution in [3.63, 3.8) is 0 Å². The van der Waals surface area contributed by atoms with Gasteiger partial charge in [0.25, 0.3) is 0 Å². The highest BCUT2D eigenvalue weighted by molar-refractivity contribution is 5.33. The smallest absolute Gasteiger partial charge is 0.203 e. The Morgan fingerprint density at radius 1 is 1.12 bits per heavy atom. The van der Waals surface area contributed by atoms with E-state index in [0.717, 1.165) is 6.07 Å². The van der Waals surface area contributed by atoms with Gasteiger partial charge in [0.1, 0.15) is 0 Å². The van der Waals surface area contributed by atoms with Crippen LogP contribution >= 0.6 is 0 Å². The third-order valence-electron chi connectivity index (χ3n) is 1.95. The molecule has 0 unspecified atom stereocenters. The van der Waals surface area contributed by atoms with Crippen LogP contribution in [0, 0.1) is 29.8 Å². The van der Waals surface area contributed by atoms with Gasteiger partial charge in [0.2, 0.25) is 5.82 Å². The molecule has 1 aromatic carbocycles. The highest BCUT2D eigenvalue weighted by Gasteiger charge is 2.20. The van der Waals surface area contributed by atoms with E-state index in [4.69, 9.17) is 4.74 Å². The molecule has 4 heteroatoms. The van der Waals surface area contributed by atoms with Gasteiger partial charge in [-0.2, -0.15) is 4.39 Å². The van der Waals surface area contributed by atoms with Gasteiger partial charge in [-0.1, -0.05) is 20.8 Å². The van der Waals surface area contributed by atoms with E-state index in [2.05, 4.69) is 0 Å². The molecular weight excluding hydrogens is 217 g/mol. The second-order valence-corrected chi connectivity index (χ2v) is 4.98. The zero-order valence-corrected chi connectivity index (χ0v) is 9.83. The van der Waals surface area contributed by atoms with Gasteiger partial charge in [-0.05, 0) is 24.0 Å². The molecule has 0 aromatic heterocycles. The Morgan fingerprint density at radius 2 is 1.69 bits per heavy atom. The van der Waals surface area contributed by atoms with E-state index >= 15 is 0 Å². The van der Waals surface area contributed by atoms with Crippen molar-refractivity contribution in [3.8, 4) is 5.75 Å².